The van der Waals surface area contributed by atoms with Gasteiger partial charge in [0.15, 0.2) is 9.84 Å². The van der Waals surface area contributed by atoms with Crippen LogP contribution in [0.4, 0.5) is 0 Å². The number of pyridine rings is 1. The molecule has 2 unspecified atom stereocenters. The zero-order valence-electron chi connectivity index (χ0n) is 15.8. The number of rotatable bonds is 5. The summed E-state index contributed by atoms with van der Waals surface area (Å²) in [5.74, 6) is -0.780. The first-order valence-electron chi connectivity index (χ1n) is 9.49. The van der Waals surface area contributed by atoms with Crippen molar-refractivity contribution in [3.8, 4) is 5.75 Å². The Morgan fingerprint density at radius 2 is 2.00 bits per heavy atom. The van der Waals surface area contributed by atoms with Crippen molar-refractivity contribution in [2.45, 2.75) is 56.4 Å². The summed E-state index contributed by atoms with van der Waals surface area (Å²) in [6.07, 6.45) is 3.72. The van der Waals surface area contributed by atoms with Gasteiger partial charge < -0.3 is 10.2 Å². The predicted molar refractivity (Wildman–Crippen MR) is 104 cm³/mol. The molecule has 3 rings (SSSR count). The number of benzene rings is 1. The van der Waals surface area contributed by atoms with Gasteiger partial charge in [0.2, 0.25) is 0 Å². The molecule has 1 aliphatic heterocycles. The molecule has 6 heteroatoms. The lowest BCUT2D eigenvalue weighted by molar-refractivity contribution is 0.0165. The van der Waals surface area contributed by atoms with E-state index in [4.69, 9.17) is 0 Å². The van der Waals surface area contributed by atoms with Crippen LogP contribution in [0.3, 0.4) is 0 Å². The SMILES string of the molecule is CCCCC1(CC)CS(=O)(=O)c2cc(O)ccc2[C@@H](c2ccccn2)C1O. The predicted octanol–water partition coefficient (Wildman–Crippen LogP) is 3.65. The topological polar surface area (TPSA) is 87.5 Å². The standard InChI is InChI=1S/C21H27NO4S/c1-3-5-11-21(4-2)14-27(25,26)18-13-15(23)9-10-16(18)19(20(21)24)17-8-6-7-12-22-17/h6-10,12-13,19-20,23-24H,3-5,11,14H2,1-2H3/t19-,20?,21?/m0/s1. The molecule has 0 amide bonds. The van der Waals surface area contributed by atoms with Gasteiger partial charge in [-0.3, -0.25) is 4.98 Å². The average molecular weight is 390 g/mol. The monoisotopic (exact) mass is 389 g/mol. The van der Waals surface area contributed by atoms with Gasteiger partial charge in [-0.25, -0.2) is 8.42 Å². The van der Waals surface area contributed by atoms with Crippen molar-refractivity contribution in [3.63, 3.8) is 0 Å². The largest absolute Gasteiger partial charge is 0.508 e. The van der Waals surface area contributed by atoms with Gasteiger partial charge in [0, 0.05) is 11.6 Å². The molecule has 0 bridgehead atoms. The molecule has 2 aromatic rings. The molecular formula is C21H27NO4S. The Bertz CT molecular complexity index is 898. The first-order valence-corrected chi connectivity index (χ1v) is 11.1. The van der Waals surface area contributed by atoms with Gasteiger partial charge in [-0.05, 0) is 42.7 Å². The molecule has 1 aliphatic rings. The second-order valence-corrected chi connectivity index (χ2v) is 9.44. The normalized spacial score (nSPS) is 26.9. The van der Waals surface area contributed by atoms with E-state index < -0.39 is 27.3 Å². The highest BCUT2D eigenvalue weighted by Crippen LogP contribution is 2.48. The van der Waals surface area contributed by atoms with Crippen molar-refractivity contribution in [2.24, 2.45) is 5.41 Å². The molecule has 0 spiro atoms. The number of hydrogen-bond donors (Lipinski definition) is 2. The van der Waals surface area contributed by atoms with Gasteiger partial charge in [-0.15, -0.1) is 0 Å². The number of aromatic hydroxyl groups is 1. The maximum Gasteiger partial charge on any atom is 0.179 e. The number of sulfone groups is 1. The number of nitrogens with zero attached hydrogens (tertiary/aromatic N) is 1. The first-order chi connectivity index (χ1) is 12.8. The first kappa shape index (κ1) is 19.8. The summed E-state index contributed by atoms with van der Waals surface area (Å²) in [7, 11) is -3.67. The van der Waals surface area contributed by atoms with Crippen LogP contribution in [-0.4, -0.2) is 35.5 Å². The van der Waals surface area contributed by atoms with Gasteiger partial charge in [-0.1, -0.05) is 38.8 Å². The van der Waals surface area contributed by atoms with Crippen LogP contribution in [-0.2, 0) is 9.84 Å². The Kier molecular flexibility index (Phi) is 5.58. The van der Waals surface area contributed by atoms with Gasteiger partial charge in [0.05, 0.1) is 28.4 Å². The van der Waals surface area contributed by atoms with Crippen molar-refractivity contribution in [3.05, 3.63) is 53.9 Å². The minimum Gasteiger partial charge on any atom is -0.508 e. The molecule has 27 heavy (non-hydrogen) atoms. The molecule has 2 N–H and O–H groups in total. The van der Waals surface area contributed by atoms with Crippen LogP contribution in [0.25, 0.3) is 0 Å². The van der Waals surface area contributed by atoms with Gasteiger partial charge in [-0.2, -0.15) is 0 Å². The van der Waals surface area contributed by atoms with Crippen LogP contribution in [0.15, 0.2) is 47.5 Å². The number of fused-ring (bicyclic) bond motifs is 1. The summed E-state index contributed by atoms with van der Waals surface area (Å²) in [5, 5.41) is 21.4. The quantitative estimate of drug-likeness (QED) is 0.815. The van der Waals surface area contributed by atoms with E-state index in [2.05, 4.69) is 11.9 Å². The van der Waals surface area contributed by atoms with Crippen LogP contribution in [0.1, 0.15) is 56.7 Å². The smallest absolute Gasteiger partial charge is 0.179 e. The highest BCUT2D eigenvalue weighted by Gasteiger charge is 2.49. The van der Waals surface area contributed by atoms with E-state index in [0.29, 0.717) is 24.1 Å². The summed E-state index contributed by atoms with van der Waals surface area (Å²) in [6, 6.07) is 9.85. The number of hydrogen-bond acceptors (Lipinski definition) is 5. The van der Waals surface area contributed by atoms with Gasteiger partial charge >= 0.3 is 0 Å². The van der Waals surface area contributed by atoms with E-state index in [1.165, 1.54) is 12.1 Å². The lowest BCUT2D eigenvalue weighted by atomic mass is 9.70. The van der Waals surface area contributed by atoms with E-state index >= 15 is 0 Å². The number of unbranched alkanes of at least 4 members (excludes halogenated alkanes) is 1. The van der Waals surface area contributed by atoms with E-state index in [-0.39, 0.29) is 16.4 Å². The summed E-state index contributed by atoms with van der Waals surface area (Å²) in [6.45, 7) is 4.00. The van der Waals surface area contributed by atoms with E-state index in [0.717, 1.165) is 12.8 Å². The molecular weight excluding hydrogens is 362 g/mol. The minimum absolute atomic E-state index is 0.0934. The Balaban J connectivity index is 2.28. The molecule has 3 atom stereocenters. The van der Waals surface area contributed by atoms with E-state index in [9.17, 15) is 18.6 Å². The molecule has 2 heterocycles. The second kappa shape index (κ2) is 7.60. The number of aliphatic hydroxyl groups excluding tert-OH is 1. The van der Waals surface area contributed by atoms with Crippen molar-refractivity contribution >= 4 is 9.84 Å². The zero-order valence-corrected chi connectivity index (χ0v) is 16.6. The average Bonchev–Trinajstić information content (AvgIpc) is 2.73. The highest BCUT2D eigenvalue weighted by atomic mass is 32.2. The lowest BCUT2D eigenvalue weighted by Gasteiger charge is -2.39. The third-order valence-corrected chi connectivity index (χ3v) is 7.81. The van der Waals surface area contributed by atoms with Crippen molar-refractivity contribution in [2.75, 3.05) is 5.75 Å². The van der Waals surface area contributed by atoms with Crippen LogP contribution in [0.5, 0.6) is 5.75 Å². The third kappa shape index (κ3) is 3.60. The van der Waals surface area contributed by atoms with Gasteiger partial charge in [0.25, 0.3) is 0 Å². The van der Waals surface area contributed by atoms with E-state index in [1.807, 2.05) is 19.1 Å². The molecule has 0 saturated heterocycles. The van der Waals surface area contributed by atoms with E-state index in [1.54, 1.807) is 18.3 Å². The minimum atomic E-state index is -3.67. The van der Waals surface area contributed by atoms with Crippen LogP contribution < -0.4 is 0 Å². The summed E-state index contributed by atoms with van der Waals surface area (Å²) >= 11 is 0. The van der Waals surface area contributed by atoms with Crippen molar-refractivity contribution in [1.29, 1.82) is 0 Å². The summed E-state index contributed by atoms with van der Waals surface area (Å²) in [5.41, 5.74) is 0.389. The van der Waals surface area contributed by atoms with Crippen LogP contribution in [0.2, 0.25) is 0 Å². The molecule has 0 saturated carbocycles. The molecule has 0 fully saturated rings. The number of aromatic nitrogens is 1. The van der Waals surface area contributed by atoms with Crippen LogP contribution in [0, 0.1) is 5.41 Å². The fraction of sp³-hybridized carbons (Fsp3) is 0.476. The summed E-state index contributed by atoms with van der Waals surface area (Å²) < 4.78 is 26.5. The molecule has 146 valence electrons. The van der Waals surface area contributed by atoms with Crippen molar-refractivity contribution < 1.29 is 18.6 Å². The Labute approximate surface area is 161 Å². The number of phenolic OH excluding ortho intramolecular Hbond substituents is 1. The number of aliphatic hydroxyl groups is 1. The highest BCUT2D eigenvalue weighted by molar-refractivity contribution is 7.91. The summed E-state index contributed by atoms with van der Waals surface area (Å²) in [4.78, 5) is 4.53. The van der Waals surface area contributed by atoms with Crippen LogP contribution >= 0.6 is 0 Å². The third-order valence-electron chi connectivity index (χ3n) is 5.83. The molecule has 5 nitrogen and oxygen atoms in total. The second-order valence-electron chi connectivity index (χ2n) is 7.48. The molecule has 1 aromatic heterocycles. The zero-order chi connectivity index (χ0) is 19.7. The lowest BCUT2D eigenvalue weighted by Crippen LogP contribution is -2.42. The fourth-order valence-corrected chi connectivity index (χ4v) is 6.52. The molecule has 1 aromatic carbocycles. The van der Waals surface area contributed by atoms with Gasteiger partial charge in [0.1, 0.15) is 5.75 Å². The van der Waals surface area contributed by atoms with Crippen molar-refractivity contribution in [1.82, 2.24) is 4.98 Å². The maximum atomic E-state index is 13.3. The fourth-order valence-electron chi connectivity index (χ4n) is 4.23. The Morgan fingerprint density at radius 1 is 1.22 bits per heavy atom. The maximum absolute atomic E-state index is 13.3. The Hall–Kier alpha value is -1.92. The molecule has 0 radical (unpaired) electrons. The number of phenols is 1. The molecule has 0 aliphatic carbocycles. The Morgan fingerprint density at radius 3 is 2.63 bits per heavy atom.